The number of aromatic nitrogens is 4. The topological polar surface area (TPSA) is 148 Å². The average Bonchev–Trinajstić information content (AvgIpc) is 3.60. The van der Waals surface area contributed by atoms with E-state index in [1.807, 2.05) is 42.5 Å². The number of anilines is 1. The van der Waals surface area contributed by atoms with Gasteiger partial charge in [-0.3, -0.25) is 14.6 Å². The van der Waals surface area contributed by atoms with E-state index in [1.165, 1.54) is 4.52 Å². The van der Waals surface area contributed by atoms with Crippen molar-refractivity contribution in [1.82, 2.24) is 35.1 Å². The zero-order chi connectivity index (χ0) is 26.2. The van der Waals surface area contributed by atoms with Crippen molar-refractivity contribution in [3.05, 3.63) is 66.1 Å². The highest BCUT2D eigenvalue weighted by Gasteiger charge is 2.34. The Morgan fingerprint density at radius 1 is 1.05 bits per heavy atom. The van der Waals surface area contributed by atoms with Gasteiger partial charge in [0, 0.05) is 48.4 Å². The minimum absolute atomic E-state index is 0.0517. The maximum Gasteiger partial charge on any atom is 0.315 e. The molecule has 0 aliphatic carbocycles. The summed E-state index contributed by atoms with van der Waals surface area (Å²) in [6, 6.07) is 13.0. The molecular formula is C27H26N8O3. The molecule has 2 aliphatic heterocycles. The third-order valence-electron chi connectivity index (χ3n) is 7.28. The molecule has 0 saturated carbocycles. The molecule has 11 heteroatoms. The number of nitrogens with one attached hydrogen (secondary N) is 2. The van der Waals surface area contributed by atoms with Crippen LogP contribution in [0, 0.1) is 0 Å². The Hall–Kier alpha value is -4.80. The molecule has 1 aromatic carbocycles. The number of nitrogens with zero attached hydrogens (tertiary/aromatic N) is 5. The SMILES string of the molecule is Nc1c(C=O)c(C2CCN(C(=O)[C@H]3CNC(=O)N3)CC2)nc2c(-c3ccc(-c4ccccc4)nc3)cnn12. The van der Waals surface area contributed by atoms with E-state index in [0.29, 0.717) is 42.8 Å². The minimum Gasteiger partial charge on any atom is -0.383 e. The first-order valence-electron chi connectivity index (χ1n) is 12.5. The molecule has 6 rings (SSSR count). The first kappa shape index (κ1) is 23.6. The number of urea groups is 1. The van der Waals surface area contributed by atoms with Crippen molar-refractivity contribution >= 4 is 29.7 Å². The van der Waals surface area contributed by atoms with Crippen LogP contribution in [0.25, 0.3) is 28.0 Å². The zero-order valence-electron chi connectivity index (χ0n) is 20.5. The molecule has 2 fully saturated rings. The standard InChI is InChI=1S/C27H26N8O3/c28-24-20(15-36)23(17-8-10-34(11-9-17)26(37)22-14-30-27(38)32-22)33-25-19(13-31-35(24)25)18-6-7-21(29-12-18)16-4-2-1-3-5-16/h1-7,12-13,15,17,22H,8-11,14,28H2,(H2,30,32,38)/t22-/m1/s1. The third kappa shape index (κ3) is 4.11. The first-order chi connectivity index (χ1) is 18.5. The number of rotatable bonds is 5. The average molecular weight is 511 g/mol. The number of hydrogen-bond acceptors (Lipinski definition) is 7. The Bertz CT molecular complexity index is 1530. The number of likely N-dealkylation sites (tertiary alicyclic amines) is 1. The Balaban J connectivity index is 1.28. The highest BCUT2D eigenvalue weighted by atomic mass is 16.2. The Morgan fingerprint density at radius 2 is 1.84 bits per heavy atom. The van der Waals surface area contributed by atoms with Gasteiger partial charge in [0.15, 0.2) is 11.9 Å². The van der Waals surface area contributed by atoms with Crippen LogP contribution in [0.3, 0.4) is 0 Å². The lowest BCUT2D eigenvalue weighted by molar-refractivity contribution is -0.133. The molecule has 4 aromatic rings. The molecule has 3 aromatic heterocycles. The van der Waals surface area contributed by atoms with Gasteiger partial charge < -0.3 is 21.3 Å². The molecule has 0 spiro atoms. The second-order valence-electron chi connectivity index (χ2n) is 9.51. The highest BCUT2D eigenvalue weighted by Crippen LogP contribution is 2.34. The largest absolute Gasteiger partial charge is 0.383 e. The lowest BCUT2D eigenvalue weighted by atomic mass is 9.90. The summed E-state index contributed by atoms with van der Waals surface area (Å²) in [5, 5.41) is 9.66. The van der Waals surface area contributed by atoms with E-state index in [-0.39, 0.29) is 30.2 Å². The molecule has 0 radical (unpaired) electrons. The van der Waals surface area contributed by atoms with E-state index in [1.54, 1.807) is 17.3 Å². The van der Waals surface area contributed by atoms with Gasteiger partial charge in [0.2, 0.25) is 5.91 Å². The van der Waals surface area contributed by atoms with Crippen molar-refractivity contribution in [2.45, 2.75) is 24.8 Å². The summed E-state index contributed by atoms with van der Waals surface area (Å²) in [5.74, 6) is 0.0763. The molecule has 5 heterocycles. The smallest absolute Gasteiger partial charge is 0.315 e. The number of piperidine rings is 1. The lowest BCUT2D eigenvalue weighted by Gasteiger charge is -2.33. The fourth-order valence-corrected chi connectivity index (χ4v) is 5.21. The van der Waals surface area contributed by atoms with Gasteiger partial charge >= 0.3 is 6.03 Å². The molecule has 3 amide bonds. The molecule has 2 aliphatic rings. The van der Waals surface area contributed by atoms with E-state index in [0.717, 1.165) is 28.7 Å². The normalized spacial score (nSPS) is 17.8. The van der Waals surface area contributed by atoms with Crippen LogP contribution in [0.1, 0.15) is 34.8 Å². The summed E-state index contributed by atoms with van der Waals surface area (Å²) in [6.07, 6.45) is 5.44. The molecule has 0 unspecified atom stereocenters. The van der Waals surface area contributed by atoms with E-state index in [4.69, 9.17) is 10.7 Å². The second-order valence-corrected chi connectivity index (χ2v) is 9.51. The maximum absolute atomic E-state index is 12.8. The number of pyridine rings is 1. The van der Waals surface area contributed by atoms with Crippen LogP contribution in [0.15, 0.2) is 54.9 Å². The number of amides is 3. The number of benzene rings is 1. The van der Waals surface area contributed by atoms with Crippen molar-refractivity contribution < 1.29 is 14.4 Å². The summed E-state index contributed by atoms with van der Waals surface area (Å²) < 4.78 is 1.49. The quantitative estimate of drug-likeness (QED) is 0.349. The summed E-state index contributed by atoms with van der Waals surface area (Å²) in [4.78, 5) is 47.6. The van der Waals surface area contributed by atoms with Crippen LogP contribution >= 0.6 is 0 Å². The van der Waals surface area contributed by atoms with Gasteiger partial charge in [0.1, 0.15) is 11.9 Å². The van der Waals surface area contributed by atoms with Gasteiger partial charge in [-0.15, -0.1) is 0 Å². The number of fused-ring (bicyclic) bond motifs is 1. The van der Waals surface area contributed by atoms with Crippen molar-refractivity contribution in [3.63, 3.8) is 0 Å². The number of hydrogen-bond donors (Lipinski definition) is 3. The van der Waals surface area contributed by atoms with Crippen molar-refractivity contribution in [2.24, 2.45) is 0 Å². The number of nitrogens with two attached hydrogens (primary N) is 1. The van der Waals surface area contributed by atoms with Crippen LogP contribution < -0.4 is 16.4 Å². The molecule has 192 valence electrons. The second kappa shape index (κ2) is 9.58. The summed E-state index contributed by atoms with van der Waals surface area (Å²) in [5.41, 5.74) is 11.4. The first-order valence-corrected chi connectivity index (χ1v) is 12.5. The number of nitrogen functional groups attached to an aromatic ring is 1. The zero-order valence-corrected chi connectivity index (χ0v) is 20.5. The van der Waals surface area contributed by atoms with E-state index in [2.05, 4.69) is 20.7 Å². The monoisotopic (exact) mass is 510 g/mol. The molecule has 2 saturated heterocycles. The molecule has 38 heavy (non-hydrogen) atoms. The molecular weight excluding hydrogens is 484 g/mol. The molecule has 11 nitrogen and oxygen atoms in total. The predicted octanol–water partition coefficient (Wildman–Crippen LogP) is 2.24. The summed E-state index contributed by atoms with van der Waals surface area (Å²) in [7, 11) is 0. The fourth-order valence-electron chi connectivity index (χ4n) is 5.21. The van der Waals surface area contributed by atoms with Crippen molar-refractivity contribution in [1.29, 1.82) is 0 Å². The lowest BCUT2D eigenvalue weighted by Crippen LogP contribution is -2.48. The van der Waals surface area contributed by atoms with Crippen molar-refractivity contribution in [3.8, 4) is 22.4 Å². The number of aldehydes is 1. The van der Waals surface area contributed by atoms with Crippen LogP contribution in [-0.4, -0.2) is 68.4 Å². The van der Waals surface area contributed by atoms with Gasteiger partial charge in [-0.05, 0) is 18.9 Å². The summed E-state index contributed by atoms with van der Waals surface area (Å²) in [6.45, 7) is 1.28. The van der Waals surface area contributed by atoms with Crippen molar-refractivity contribution in [2.75, 3.05) is 25.4 Å². The Labute approximate surface area is 218 Å². The van der Waals surface area contributed by atoms with Crippen LogP contribution in [0.2, 0.25) is 0 Å². The highest BCUT2D eigenvalue weighted by molar-refractivity contribution is 5.90. The fraction of sp³-hybridized carbons (Fsp3) is 0.259. The Morgan fingerprint density at radius 3 is 2.50 bits per heavy atom. The number of carbonyl (C=O) groups excluding carboxylic acids is 3. The minimum atomic E-state index is -0.550. The predicted molar refractivity (Wildman–Crippen MR) is 140 cm³/mol. The van der Waals surface area contributed by atoms with Gasteiger partial charge in [-0.2, -0.15) is 9.61 Å². The summed E-state index contributed by atoms with van der Waals surface area (Å²) >= 11 is 0. The molecule has 1 atom stereocenters. The van der Waals surface area contributed by atoms with Gasteiger partial charge in [0.25, 0.3) is 0 Å². The van der Waals surface area contributed by atoms with Gasteiger partial charge in [-0.1, -0.05) is 36.4 Å². The van der Waals surface area contributed by atoms with Crippen LogP contribution in [0.4, 0.5) is 10.6 Å². The molecule has 4 N–H and O–H groups in total. The van der Waals surface area contributed by atoms with Crippen LogP contribution in [-0.2, 0) is 4.79 Å². The van der Waals surface area contributed by atoms with E-state index < -0.39 is 6.04 Å². The van der Waals surface area contributed by atoms with E-state index >= 15 is 0 Å². The van der Waals surface area contributed by atoms with Crippen LogP contribution in [0.5, 0.6) is 0 Å². The molecule has 0 bridgehead atoms. The van der Waals surface area contributed by atoms with Gasteiger partial charge in [0.05, 0.1) is 23.1 Å². The Kier molecular flexibility index (Phi) is 5.95. The van der Waals surface area contributed by atoms with Gasteiger partial charge in [-0.25, -0.2) is 9.78 Å². The number of carbonyl (C=O) groups is 3. The maximum atomic E-state index is 12.8. The third-order valence-corrected chi connectivity index (χ3v) is 7.28. The van der Waals surface area contributed by atoms with E-state index in [9.17, 15) is 14.4 Å².